The van der Waals surface area contributed by atoms with Crippen molar-refractivity contribution in [2.45, 2.75) is 26.8 Å². The average molecular weight is 294 g/mol. The van der Waals surface area contributed by atoms with Gasteiger partial charge in [0.25, 0.3) is 0 Å². The zero-order chi connectivity index (χ0) is 14.5. The molecule has 108 valence electrons. The van der Waals surface area contributed by atoms with Gasteiger partial charge in [0.1, 0.15) is 18.1 Å². The Morgan fingerprint density at radius 1 is 1.30 bits per heavy atom. The Morgan fingerprint density at radius 3 is 2.60 bits per heavy atom. The number of furan rings is 1. The molecule has 20 heavy (non-hydrogen) atoms. The van der Waals surface area contributed by atoms with E-state index in [4.69, 9.17) is 20.8 Å². The van der Waals surface area contributed by atoms with Crippen LogP contribution < -0.4 is 10.1 Å². The van der Waals surface area contributed by atoms with Crippen LogP contribution in [0.25, 0.3) is 0 Å². The summed E-state index contributed by atoms with van der Waals surface area (Å²) in [4.78, 5) is 0. The van der Waals surface area contributed by atoms with Gasteiger partial charge >= 0.3 is 0 Å². The van der Waals surface area contributed by atoms with Crippen molar-refractivity contribution in [1.82, 2.24) is 5.32 Å². The van der Waals surface area contributed by atoms with Crippen LogP contribution in [0.5, 0.6) is 5.75 Å². The molecule has 1 heterocycles. The third kappa shape index (κ3) is 3.78. The van der Waals surface area contributed by atoms with Crippen LogP contribution in [0.2, 0.25) is 5.02 Å². The Hall–Kier alpha value is -1.45. The maximum absolute atomic E-state index is 6.13. The van der Waals surface area contributed by atoms with E-state index >= 15 is 0 Å². The smallest absolute Gasteiger partial charge is 0.120 e. The fourth-order valence-corrected chi connectivity index (χ4v) is 2.18. The topological polar surface area (TPSA) is 34.4 Å². The molecule has 0 amide bonds. The van der Waals surface area contributed by atoms with Crippen LogP contribution in [0.4, 0.5) is 0 Å². The molecular formula is C16H20ClNO2. The molecule has 2 rings (SSSR count). The molecule has 1 atom stereocenters. The summed E-state index contributed by atoms with van der Waals surface area (Å²) < 4.78 is 11.1. The van der Waals surface area contributed by atoms with Gasteiger partial charge in [-0.3, -0.25) is 0 Å². The lowest BCUT2D eigenvalue weighted by molar-refractivity contribution is 0.301. The summed E-state index contributed by atoms with van der Waals surface area (Å²) in [7, 11) is 0. The molecule has 1 N–H and O–H groups in total. The molecule has 1 aromatic heterocycles. The summed E-state index contributed by atoms with van der Waals surface area (Å²) >= 11 is 6.13. The van der Waals surface area contributed by atoms with Crippen molar-refractivity contribution in [2.24, 2.45) is 0 Å². The van der Waals surface area contributed by atoms with Gasteiger partial charge in [0, 0.05) is 11.6 Å². The summed E-state index contributed by atoms with van der Waals surface area (Å²) in [5.74, 6) is 1.79. The number of rotatable bonds is 6. The Balaban J connectivity index is 1.79. The molecule has 0 aliphatic rings. The highest BCUT2D eigenvalue weighted by Crippen LogP contribution is 2.25. The average Bonchev–Trinajstić information content (AvgIpc) is 2.94. The molecule has 1 unspecified atom stereocenters. The van der Waals surface area contributed by atoms with Crippen LogP contribution in [0.3, 0.4) is 0 Å². The van der Waals surface area contributed by atoms with Crippen molar-refractivity contribution in [3.8, 4) is 5.75 Å². The second kappa shape index (κ2) is 6.82. The SMILES string of the molecule is Cc1cc(OCCNC(C)c2ccco2)cc(C)c1Cl. The van der Waals surface area contributed by atoms with Crippen LogP contribution in [-0.2, 0) is 0 Å². The first-order chi connectivity index (χ1) is 9.58. The Bertz CT molecular complexity index is 529. The molecule has 0 saturated carbocycles. The maximum atomic E-state index is 6.13. The standard InChI is InChI=1S/C16H20ClNO2/c1-11-9-14(10-12(2)16(11)17)19-8-6-18-13(3)15-5-4-7-20-15/h4-5,7,9-10,13,18H,6,8H2,1-3H3. The number of hydrogen-bond donors (Lipinski definition) is 1. The summed E-state index contributed by atoms with van der Waals surface area (Å²) in [5, 5.41) is 4.16. The normalized spacial score (nSPS) is 12.4. The van der Waals surface area contributed by atoms with E-state index in [1.807, 2.05) is 38.1 Å². The lowest BCUT2D eigenvalue weighted by Gasteiger charge is -2.13. The zero-order valence-electron chi connectivity index (χ0n) is 12.1. The van der Waals surface area contributed by atoms with E-state index in [1.54, 1.807) is 6.26 Å². The first-order valence-corrected chi connectivity index (χ1v) is 7.12. The fourth-order valence-electron chi connectivity index (χ4n) is 2.07. The number of hydrogen-bond acceptors (Lipinski definition) is 3. The number of halogens is 1. The van der Waals surface area contributed by atoms with Gasteiger partial charge in [-0.1, -0.05) is 11.6 Å². The molecule has 0 spiro atoms. The molecule has 3 nitrogen and oxygen atoms in total. The molecule has 0 bridgehead atoms. The van der Waals surface area contributed by atoms with E-state index in [0.717, 1.165) is 34.2 Å². The van der Waals surface area contributed by atoms with Gasteiger partial charge in [0.15, 0.2) is 0 Å². The molecule has 4 heteroatoms. The van der Waals surface area contributed by atoms with Gasteiger partial charge in [-0.05, 0) is 56.2 Å². The number of aryl methyl sites for hydroxylation is 2. The first-order valence-electron chi connectivity index (χ1n) is 6.74. The van der Waals surface area contributed by atoms with Crippen LogP contribution in [0.15, 0.2) is 34.9 Å². The Morgan fingerprint density at radius 2 is 2.00 bits per heavy atom. The monoisotopic (exact) mass is 293 g/mol. The third-order valence-corrected chi connectivity index (χ3v) is 3.80. The second-order valence-electron chi connectivity index (χ2n) is 4.91. The van der Waals surface area contributed by atoms with Gasteiger partial charge < -0.3 is 14.5 Å². The molecule has 0 saturated heterocycles. The maximum Gasteiger partial charge on any atom is 0.120 e. The van der Waals surface area contributed by atoms with E-state index in [2.05, 4.69) is 12.2 Å². The second-order valence-corrected chi connectivity index (χ2v) is 5.29. The van der Waals surface area contributed by atoms with Crippen LogP contribution in [0.1, 0.15) is 29.9 Å². The van der Waals surface area contributed by atoms with Crippen LogP contribution in [0, 0.1) is 13.8 Å². The van der Waals surface area contributed by atoms with E-state index < -0.39 is 0 Å². The summed E-state index contributed by atoms with van der Waals surface area (Å²) in [6, 6.07) is 7.96. The van der Waals surface area contributed by atoms with Gasteiger partial charge in [-0.2, -0.15) is 0 Å². The fraction of sp³-hybridized carbons (Fsp3) is 0.375. The Labute approximate surface area is 124 Å². The molecule has 1 aromatic carbocycles. The molecule has 0 aliphatic carbocycles. The molecule has 2 aromatic rings. The van der Waals surface area contributed by atoms with Gasteiger partial charge in [0.05, 0.1) is 12.3 Å². The molecular weight excluding hydrogens is 274 g/mol. The number of ether oxygens (including phenoxy) is 1. The van der Waals surface area contributed by atoms with Crippen molar-refractivity contribution in [3.63, 3.8) is 0 Å². The largest absolute Gasteiger partial charge is 0.492 e. The van der Waals surface area contributed by atoms with E-state index in [-0.39, 0.29) is 6.04 Å². The van der Waals surface area contributed by atoms with Crippen LogP contribution >= 0.6 is 11.6 Å². The summed E-state index contributed by atoms with van der Waals surface area (Å²) in [6.07, 6.45) is 1.68. The third-order valence-electron chi connectivity index (χ3n) is 3.20. The molecule has 0 aliphatic heterocycles. The highest BCUT2D eigenvalue weighted by atomic mass is 35.5. The minimum absolute atomic E-state index is 0.183. The molecule has 0 radical (unpaired) electrons. The van der Waals surface area contributed by atoms with Gasteiger partial charge in [0.2, 0.25) is 0 Å². The highest BCUT2D eigenvalue weighted by molar-refractivity contribution is 6.32. The predicted octanol–water partition coefficient (Wildman–Crippen LogP) is 4.28. The van der Waals surface area contributed by atoms with Crippen molar-refractivity contribution >= 4 is 11.6 Å². The summed E-state index contributed by atoms with van der Waals surface area (Å²) in [6.45, 7) is 7.39. The van der Waals surface area contributed by atoms with Gasteiger partial charge in [-0.25, -0.2) is 0 Å². The van der Waals surface area contributed by atoms with E-state index in [1.165, 1.54) is 0 Å². The zero-order valence-corrected chi connectivity index (χ0v) is 12.8. The lowest BCUT2D eigenvalue weighted by atomic mass is 10.1. The number of benzene rings is 1. The van der Waals surface area contributed by atoms with E-state index in [0.29, 0.717) is 6.61 Å². The minimum atomic E-state index is 0.183. The van der Waals surface area contributed by atoms with Crippen molar-refractivity contribution < 1.29 is 9.15 Å². The van der Waals surface area contributed by atoms with Crippen molar-refractivity contribution in [3.05, 3.63) is 52.4 Å². The van der Waals surface area contributed by atoms with Crippen molar-refractivity contribution in [2.75, 3.05) is 13.2 Å². The van der Waals surface area contributed by atoms with E-state index in [9.17, 15) is 0 Å². The summed E-state index contributed by atoms with van der Waals surface area (Å²) in [5.41, 5.74) is 2.08. The first kappa shape index (κ1) is 14.9. The van der Waals surface area contributed by atoms with Crippen LogP contribution in [-0.4, -0.2) is 13.2 Å². The lowest BCUT2D eigenvalue weighted by Crippen LogP contribution is -2.24. The minimum Gasteiger partial charge on any atom is -0.492 e. The molecule has 0 fully saturated rings. The quantitative estimate of drug-likeness (QED) is 0.807. The number of nitrogens with one attached hydrogen (secondary N) is 1. The van der Waals surface area contributed by atoms with Crippen molar-refractivity contribution in [1.29, 1.82) is 0 Å². The Kier molecular flexibility index (Phi) is 5.10. The predicted molar refractivity (Wildman–Crippen MR) is 81.5 cm³/mol. The highest BCUT2D eigenvalue weighted by Gasteiger charge is 2.07. The van der Waals surface area contributed by atoms with Gasteiger partial charge in [-0.15, -0.1) is 0 Å².